The Morgan fingerprint density at radius 2 is 2.25 bits per heavy atom. The quantitative estimate of drug-likeness (QED) is 0.651. The molecule has 0 saturated carbocycles. The van der Waals surface area contributed by atoms with E-state index >= 15 is 0 Å². The van der Waals surface area contributed by atoms with Gasteiger partial charge in [-0.2, -0.15) is 0 Å². The van der Waals surface area contributed by atoms with Gasteiger partial charge in [0.25, 0.3) is 0 Å². The van der Waals surface area contributed by atoms with Crippen molar-refractivity contribution in [1.29, 1.82) is 0 Å². The molecule has 1 rings (SSSR count). The monoisotopic (exact) mass is 186 g/mol. The zero-order valence-corrected chi connectivity index (χ0v) is 7.99. The number of hydrogen-bond donors (Lipinski definition) is 0. The average Bonchev–Trinajstić information content (AvgIpc) is 2.32. The van der Waals surface area contributed by atoms with Crippen molar-refractivity contribution in [3.05, 3.63) is 18.7 Å². The first-order valence-corrected chi connectivity index (χ1v) is 6.33. The van der Waals surface area contributed by atoms with E-state index in [0.29, 0.717) is 0 Å². The first-order valence-electron chi connectivity index (χ1n) is 3.54. The number of rotatable bonds is 2. The van der Waals surface area contributed by atoms with Crippen LogP contribution in [0.5, 0.6) is 0 Å². The van der Waals surface area contributed by atoms with E-state index in [9.17, 15) is 9.36 Å². The maximum atomic E-state index is 11.3. The number of imidazole rings is 1. The summed E-state index contributed by atoms with van der Waals surface area (Å²) < 4.78 is 12.6. The second-order valence-electron chi connectivity index (χ2n) is 3.10. The molecule has 0 aliphatic carbocycles. The van der Waals surface area contributed by atoms with E-state index in [1.807, 2.05) is 0 Å². The molecule has 1 heterocycles. The normalized spacial score (nSPS) is 11.5. The van der Waals surface area contributed by atoms with Crippen LogP contribution in [0.1, 0.15) is 4.79 Å². The molecule has 1 aromatic rings. The van der Waals surface area contributed by atoms with Gasteiger partial charge in [0.2, 0.25) is 5.91 Å². The Hall–Kier alpha value is -0.890. The van der Waals surface area contributed by atoms with Crippen LogP contribution in [0.25, 0.3) is 0 Å². The first-order chi connectivity index (χ1) is 5.49. The first kappa shape index (κ1) is 9.20. The standard InChI is InChI=1S/C7H11N2O2P/c1-12(2,11)5-7(10)9-4-3-8-6-9/h3-4,6H,5H2,1-2H3. The second kappa shape index (κ2) is 3.23. The number of carbonyl (C=O) groups is 1. The van der Waals surface area contributed by atoms with E-state index in [-0.39, 0.29) is 12.1 Å². The molecule has 0 N–H and O–H groups in total. The lowest BCUT2D eigenvalue weighted by Gasteiger charge is -2.04. The van der Waals surface area contributed by atoms with Crippen LogP contribution in [0.3, 0.4) is 0 Å². The average molecular weight is 186 g/mol. The Labute approximate surface area is 71.0 Å². The lowest BCUT2D eigenvalue weighted by molar-refractivity contribution is 0.0939. The summed E-state index contributed by atoms with van der Waals surface area (Å²) >= 11 is 0. The number of nitrogens with zero attached hydrogens (tertiary/aromatic N) is 2. The van der Waals surface area contributed by atoms with E-state index in [1.54, 1.807) is 19.5 Å². The third-order valence-corrected chi connectivity index (χ3v) is 2.34. The van der Waals surface area contributed by atoms with Gasteiger partial charge in [0, 0.05) is 12.4 Å². The van der Waals surface area contributed by atoms with Crippen molar-refractivity contribution >= 4 is 13.0 Å². The summed E-state index contributed by atoms with van der Waals surface area (Å²) in [4.78, 5) is 15.0. The van der Waals surface area contributed by atoms with Gasteiger partial charge in [0.05, 0.1) is 13.3 Å². The summed E-state index contributed by atoms with van der Waals surface area (Å²) in [5, 5.41) is 0. The predicted octanol–water partition coefficient (Wildman–Crippen LogP) is 1.15. The molecule has 0 aliphatic rings. The summed E-state index contributed by atoms with van der Waals surface area (Å²) in [5.41, 5.74) is 0. The zero-order chi connectivity index (χ0) is 9.19. The fourth-order valence-corrected chi connectivity index (χ4v) is 1.63. The SMILES string of the molecule is CP(C)(=O)CC(=O)n1ccnc1. The minimum absolute atomic E-state index is 0.101. The smallest absolute Gasteiger partial charge is 0.239 e. The Morgan fingerprint density at radius 3 is 2.67 bits per heavy atom. The molecule has 0 saturated heterocycles. The third kappa shape index (κ3) is 2.62. The highest BCUT2D eigenvalue weighted by Gasteiger charge is 2.14. The van der Waals surface area contributed by atoms with E-state index < -0.39 is 7.14 Å². The van der Waals surface area contributed by atoms with Gasteiger partial charge in [-0.05, 0) is 13.3 Å². The van der Waals surface area contributed by atoms with Crippen molar-refractivity contribution in [3.63, 3.8) is 0 Å². The maximum Gasteiger partial charge on any atom is 0.239 e. The van der Waals surface area contributed by atoms with Crippen LogP contribution in [0, 0.1) is 0 Å². The van der Waals surface area contributed by atoms with Gasteiger partial charge in [-0.25, -0.2) is 4.98 Å². The number of aromatic nitrogens is 2. The molecule has 12 heavy (non-hydrogen) atoms. The predicted molar refractivity (Wildman–Crippen MR) is 47.2 cm³/mol. The largest absolute Gasteiger partial charge is 0.324 e. The summed E-state index contributed by atoms with van der Waals surface area (Å²) in [7, 11) is -2.26. The van der Waals surface area contributed by atoms with Crippen molar-refractivity contribution in [2.24, 2.45) is 0 Å². The van der Waals surface area contributed by atoms with Crippen LogP contribution in [0.4, 0.5) is 0 Å². The fraction of sp³-hybridized carbons (Fsp3) is 0.429. The molecular weight excluding hydrogens is 175 g/mol. The lowest BCUT2D eigenvalue weighted by atomic mass is 10.7. The fourth-order valence-electron chi connectivity index (χ4n) is 0.814. The molecule has 0 atom stereocenters. The van der Waals surface area contributed by atoms with E-state index in [4.69, 9.17) is 0 Å². The molecule has 0 fully saturated rings. The van der Waals surface area contributed by atoms with Gasteiger partial charge in [0.15, 0.2) is 0 Å². The van der Waals surface area contributed by atoms with Crippen molar-refractivity contribution in [2.75, 3.05) is 19.5 Å². The minimum atomic E-state index is -2.26. The van der Waals surface area contributed by atoms with Gasteiger partial charge in [-0.1, -0.05) is 0 Å². The van der Waals surface area contributed by atoms with Crippen LogP contribution in [-0.2, 0) is 4.57 Å². The van der Waals surface area contributed by atoms with E-state index in [1.165, 1.54) is 17.1 Å². The molecule has 0 aromatic carbocycles. The zero-order valence-electron chi connectivity index (χ0n) is 7.10. The summed E-state index contributed by atoms with van der Waals surface area (Å²) in [5.74, 6) is -0.166. The molecule has 4 nitrogen and oxygen atoms in total. The molecule has 0 bridgehead atoms. The van der Waals surface area contributed by atoms with Crippen LogP contribution >= 0.6 is 7.14 Å². The molecule has 0 spiro atoms. The second-order valence-corrected chi connectivity index (χ2v) is 6.56. The van der Waals surface area contributed by atoms with Gasteiger partial charge in [0.1, 0.15) is 6.33 Å². The van der Waals surface area contributed by atoms with Gasteiger partial charge in [-0.3, -0.25) is 9.36 Å². The minimum Gasteiger partial charge on any atom is -0.324 e. The van der Waals surface area contributed by atoms with Crippen molar-refractivity contribution in [1.82, 2.24) is 9.55 Å². The Kier molecular flexibility index (Phi) is 2.48. The maximum absolute atomic E-state index is 11.3. The van der Waals surface area contributed by atoms with Crippen molar-refractivity contribution in [2.45, 2.75) is 0 Å². The summed E-state index contributed by atoms with van der Waals surface area (Å²) in [6.45, 7) is 3.20. The summed E-state index contributed by atoms with van der Waals surface area (Å²) in [6.07, 6.45) is 4.59. The van der Waals surface area contributed by atoms with E-state index in [2.05, 4.69) is 4.98 Å². The molecule has 0 amide bonds. The lowest BCUT2D eigenvalue weighted by Crippen LogP contribution is -2.12. The van der Waals surface area contributed by atoms with Crippen LogP contribution < -0.4 is 0 Å². The number of hydrogen-bond acceptors (Lipinski definition) is 3. The molecule has 0 unspecified atom stereocenters. The Morgan fingerprint density at radius 1 is 1.58 bits per heavy atom. The van der Waals surface area contributed by atoms with Gasteiger partial charge < -0.3 is 4.57 Å². The van der Waals surface area contributed by atoms with Crippen LogP contribution in [0.15, 0.2) is 18.7 Å². The van der Waals surface area contributed by atoms with Gasteiger partial charge in [-0.15, -0.1) is 0 Å². The molecule has 0 aliphatic heterocycles. The highest BCUT2D eigenvalue weighted by atomic mass is 31.2. The highest BCUT2D eigenvalue weighted by Crippen LogP contribution is 2.35. The number of carbonyl (C=O) groups excluding carboxylic acids is 1. The van der Waals surface area contributed by atoms with Gasteiger partial charge >= 0.3 is 0 Å². The third-order valence-electron chi connectivity index (χ3n) is 1.31. The van der Waals surface area contributed by atoms with Crippen LogP contribution in [0.2, 0.25) is 0 Å². The topological polar surface area (TPSA) is 52.0 Å². The molecule has 66 valence electrons. The molecule has 5 heteroatoms. The Balaban J connectivity index is 2.69. The summed E-state index contributed by atoms with van der Waals surface area (Å²) in [6, 6.07) is 0. The highest BCUT2D eigenvalue weighted by molar-refractivity contribution is 7.63. The molecular formula is C7H11N2O2P. The van der Waals surface area contributed by atoms with E-state index in [0.717, 1.165) is 0 Å². The van der Waals surface area contributed by atoms with Crippen molar-refractivity contribution in [3.8, 4) is 0 Å². The Bertz CT molecular complexity index is 312. The molecule has 1 aromatic heterocycles. The molecule has 0 radical (unpaired) electrons. The van der Waals surface area contributed by atoms with Crippen LogP contribution in [-0.4, -0.2) is 34.9 Å². The van der Waals surface area contributed by atoms with Crippen molar-refractivity contribution < 1.29 is 9.36 Å².